The first-order valence-corrected chi connectivity index (χ1v) is 6.20. The third kappa shape index (κ3) is 3.15. The number of hydrogen-bond acceptors (Lipinski definition) is 3. The van der Waals surface area contributed by atoms with Crippen LogP contribution in [-0.4, -0.2) is 51.3 Å². The molecule has 0 radical (unpaired) electrons. The Balaban J connectivity index is 2.36. The Morgan fingerprint density at radius 1 is 1.57 bits per heavy atom. The highest BCUT2D eigenvalue weighted by Gasteiger charge is 2.21. The van der Waals surface area contributed by atoms with Gasteiger partial charge in [-0.3, -0.25) is 0 Å². The van der Waals surface area contributed by atoms with Gasteiger partial charge in [0.15, 0.2) is 0 Å². The Morgan fingerprint density at radius 3 is 2.79 bits per heavy atom. The molecule has 0 unspecified atom stereocenters. The van der Waals surface area contributed by atoms with E-state index < -0.39 is 10.0 Å². The van der Waals surface area contributed by atoms with Gasteiger partial charge in [-0.05, 0) is 0 Å². The van der Waals surface area contributed by atoms with Crippen molar-refractivity contribution in [3.63, 3.8) is 0 Å². The van der Waals surface area contributed by atoms with Crippen molar-refractivity contribution in [3.8, 4) is 0 Å². The van der Waals surface area contributed by atoms with E-state index in [1.54, 1.807) is 6.92 Å². The highest BCUT2D eigenvalue weighted by atomic mass is 32.2. The highest BCUT2D eigenvalue weighted by molar-refractivity contribution is 7.89. The molecule has 0 aromatic heterocycles. The molecule has 0 aliphatic carbocycles. The predicted octanol–water partition coefficient (Wildman–Crippen LogP) is -1.05. The number of urea groups is 1. The van der Waals surface area contributed by atoms with Crippen LogP contribution in [0, 0.1) is 0 Å². The average molecular weight is 221 g/mol. The van der Waals surface area contributed by atoms with E-state index >= 15 is 0 Å². The number of nitrogens with one attached hydrogen (secondary N) is 2. The predicted molar refractivity (Wildman–Crippen MR) is 52.4 cm³/mol. The molecule has 0 aromatic carbocycles. The first-order valence-electron chi connectivity index (χ1n) is 4.55. The van der Waals surface area contributed by atoms with E-state index in [4.69, 9.17) is 0 Å². The fourth-order valence-electron chi connectivity index (χ4n) is 1.25. The van der Waals surface area contributed by atoms with Crippen molar-refractivity contribution >= 4 is 16.1 Å². The van der Waals surface area contributed by atoms with E-state index in [-0.39, 0.29) is 18.3 Å². The minimum Gasteiger partial charge on any atom is -0.336 e. The summed E-state index contributed by atoms with van der Waals surface area (Å²) in [5.74, 6) is -0.0335. The van der Waals surface area contributed by atoms with Gasteiger partial charge in [0.05, 0.1) is 5.75 Å². The summed E-state index contributed by atoms with van der Waals surface area (Å²) < 4.78 is 24.8. The summed E-state index contributed by atoms with van der Waals surface area (Å²) in [5, 5.41) is 2.61. The Labute approximate surface area is 83.7 Å². The number of carbonyl (C=O) groups is 1. The number of sulfonamides is 1. The molecule has 0 atom stereocenters. The monoisotopic (exact) mass is 221 g/mol. The van der Waals surface area contributed by atoms with Crippen LogP contribution in [0.1, 0.15) is 6.92 Å². The first kappa shape index (κ1) is 11.3. The average Bonchev–Trinajstić information content (AvgIpc) is 2.48. The molecule has 1 heterocycles. The third-order valence-electron chi connectivity index (χ3n) is 1.94. The third-order valence-corrected chi connectivity index (χ3v) is 3.39. The van der Waals surface area contributed by atoms with Crippen LogP contribution in [0.4, 0.5) is 4.79 Å². The van der Waals surface area contributed by atoms with Crippen LogP contribution in [0.15, 0.2) is 0 Å². The minimum atomic E-state index is -3.21. The lowest BCUT2D eigenvalue weighted by Gasteiger charge is -2.13. The van der Waals surface area contributed by atoms with E-state index in [1.807, 2.05) is 0 Å². The van der Waals surface area contributed by atoms with E-state index in [9.17, 15) is 13.2 Å². The van der Waals surface area contributed by atoms with Crippen molar-refractivity contribution in [2.75, 3.05) is 31.9 Å². The fourth-order valence-corrected chi connectivity index (χ4v) is 2.29. The molecule has 2 N–H and O–H groups in total. The summed E-state index contributed by atoms with van der Waals surface area (Å²) in [4.78, 5) is 12.5. The van der Waals surface area contributed by atoms with Crippen molar-refractivity contribution in [2.24, 2.45) is 0 Å². The van der Waals surface area contributed by atoms with Crippen LogP contribution in [0.5, 0.6) is 0 Å². The number of hydrogen-bond donors (Lipinski definition) is 2. The van der Waals surface area contributed by atoms with E-state index in [0.29, 0.717) is 19.6 Å². The van der Waals surface area contributed by atoms with E-state index in [1.165, 1.54) is 4.90 Å². The summed E-state index contributed by atoms with van der Waals surface area (Å²) in [6.45, 7) is 3.54. The van der Waals surface area contributed by atoms with Gasteiger partial charge in [-0.2, -0.15) is 0 Å². The lowest BCUT2D eigenvalue weighted by Crippen LogP contribution is -2.36. The second-order valence-corrected chi connectivity index (χ2v) is 4.96. The van der Waals surface area contributed by atoms with Crippen LogP contribution < -0.4 is 10.0 Å². The smallest absolute Gasteiger partial charge is 0.317 e. The molecule has 7 heteroatoms. The summed E-state index contributed by atoms with van der Waals surface area (Å²) in [6, 6.07) is -0.184. The molecule has 0 bridgehead atoms. The quantitative estimate of drug-likeness (QED) is 0.622. The maximum Gasteiger partial charge on any atom is 0.317 e. The minimum absolute atomic E-state index is 0.0335. The summed E-state index contributed by atoms with van der Waals surface area (Å²) in [7, 11) is -3.21. The molecule has 6 nitrogen and oxygen atoms in total. The van der Waals surface area contributed by atoms with Gasteiger partial charge in [0.25, 0.3) is 0 Å². The normalized spacial score (nSPS) is 17.2. The van der Waals surface area contributed by atoms with Crippen LogP contribution in [0.2, 0.25) is 0 Å². The zero-order chi connectivity index (χ0) is 10.6. The van der Waals surface area contributed by atoms with Crippen molar-refractivity contribution in [1.82, 2.24) is 14.9 Å². The number of carbonyl (C=O) groups excluding carboxylic acids is 1. The van der Waals surface area contributed by atoms with E-state index in [2.05, 4.69) is 10.0 Å². The topological polar surface area (TPSA) is 78.5 Å². The highest BCUT2D eigenvalue weighted by Crippen LogP contribution is 1.97. The lowest BCUT2D eigenvalue weighted by atomic mass is 10.6. The number of nitrogens with zero attached hydrogens (tertiary/aromatic N) is 1. The van der Waals surface area contributed by atoms with Gasteiger partial charge in [0.2, 0.25) is 10.0 Å². The molecule has 0 saturated carbocycles. The Morgan fingerprint density at radius 2 is 2.29 bits per heavy atom. The van der Waals surface area contributed by atoms with Crippen LogP contribution in [-0.2, 0) is 10.0 Å². The SMILES string of the molecule is CCNS(=O)(=O)CCN1CCNC1=O. The van der Waals surface area contributed by atoms with Crippen LogP contribution in [0.3, 0.4) is 0 Å². The molecule has 1 aliphatic heterocycles. The number of amides is 2. The molecule has 1 saturated heterocycles. The molecule has 0 spiro atoms. The van der Waals surface area contributed by atoms with Gasteiger partial charge in [-0.1, -0.05) is 6.92 Å². The largest absolute Gasteiger partial charge is 0.336 e. The second-order valence-electron chi connectivity index (χ2n) is 3.04. The van der Waals surface area contributed by atoms with Crippen molar-refractivity contribution < 1.29 is 13.2 Å². The number of rotatable bonds is 5. The molecular weight excluding hydrogens is 206 g/mol. The molecule has 0 aromatic rings. The van der Waals surface area contributed by atoms with Crippen molar-refractivity contribution in [2.45, 2.75) is 6.92 Å². The summed E-state index contributed by atoms with van der Waals surface area (Å²) in [5.41, 5.74) is 0. The van der Waals surface area contributed by atoms with E-state index in [0.717, 1.165) is 0 Å². The first-order chi connectivity index (χ1) is 6.55. The van der Waals surface area contributed by atoms with Gasteiger partial charge in [0.1, 0.15) is 0 Å². The fraction of sp³-hybridized carbons (Fsp3) is 0.857. The molecule has 82 valence electrons. The standard InChI is InChI=1S/C7H15N3O3S/c1-2-9-14(12,13)6-5-10-4-3-8-7(10)11/h9H,2-6H2,1H3,(H,8,11). The molecule has 14 heavy (non-hydrogen) atoms. The van der Waals surface area contributed by atoms with Gasteiger partial charge in [0, 0.05) is 26.2 Å². The Bertz CT molecular complexity index is 301. The van der Waals surface area contributed by atoms with Gasteiger partial charge < -0.3 is 10.2 Å². The van der Waals surface area contributed by atoms with Gasteiger partial charge >= 0.3 is 6.03 Å². The Hall–Kier alpha value is -0.820. The summed E-state index contributed by atoms with van der Waals surface area (Å²) in [6.07, 6.45) is 0. The van der Waals surface area contributed by atoms with Crippen molar-refractivity contribution in [1.29, 1.82) is 0 Å². The van der Waals surface area contributed by atoms with Crippen LogP contribution >= 0.6 is 0 Å². The molecule has 2 amide bonds. The molecule has 1 fully saturated rings. The molecule has 1 rings (SSSR count). The maximum absolute atomic E-state index is 11.2. The second kappa shape index (κ2) is 4.61. The van der Waals surface area contributed by atoms with Crippen molar-refractivity contribution in [3.05, 3.63) is 0 Å². The van der Waals surface area contributed by atoms with Gasteiger partial charge in [-0.15, -0.1) is 0 Å². The molecular formula is C7H15N3O3S. The molecule has 1 aliphatic rings. The summed E-state index contributed by atoms with van der Waals surface area (Å²) >= 11 is 0. The zero-order valence-electron chi connectivity index (χ0n) is 8.12. The van der Waals surface area contributed by atoms with Crippen LogP contribution in [0.25, 0.3) is 0 Å². The Kier molecular flexibility index (Phi) is 3.70. The van der Waals surface area contributed by atoms with Gasteiger partial charge in [-0.25, -0.2) is 17.9 Å². The zero-order valence-corrected chi connectivity index (χ0v) is 8.93. The lowest BCUT2D eigenvalue weighted by molar-refractivity contribution is 0.220. The maximum atomic E-state index is 11.2.